The van der Waals surface area contributed by atoms with Crippen LogP contribution in [-0.2, 0) is 0 Å². The lowest BCUT2D eigenvalue weighted by atomic mass is 9.41. The van der Waals surface area contributed by atoms with Crippen LogP contribution in [0.1, 0.15) is 0 Å². The summed E-state index contributed by atoms with van der Waals surface area (Å²) in [6.07, 6.45) is 0. The van der Waals surface area contributed by atoms with Crippen molar-refractivity contribution in [2.75, 3.05) is 0 Å². The highest BCUT2D eigenvalue weighted by molar-refractivity contribution is 6.80. The van der Waals surface area contributed by atoms with E-state index in [0.29, 0.717) is 0 Å². The number of halogens is 15. The molecule has 16 heteroatoms. The van der Waals surface area contributed by atoms with Gasteiger partial charge in [0.05, 0.1) is 8.07 Å². The maximum Gasteiger partial charge on any atom is 0.339 e. The second kappa shape index (κ2) is 4.38. The molecule has 0 nitrogen and oxygen atoms in total. The Balaban J connectivity index is 2.80. The fraction of sp³-hybridized carbons (Fsp3) is 1.00. The Morgan fingerprint density at radius 2 is 0.517 bits per heavy atom. The summed E-state index contributed by atoms with van der Waals surface area (Å²) >= 11 is 0. The van der Waals surface area contributed by atoms with Crippen molar-refractivity contribution in [3.05, 3.63) is 0 Å². The van der Waals surface area contributed by atoms with E-state index in [0.717, 1.165) is 0 Å². The minimum Gasteiger partial charge on any atom is -0.223 e. The molecular formula is C13H9F15Si. The van der Waals surface area contributed by atoms with Crippen LogP contribution in [0.2, 0.25) is 24.7 Å². The van der Waals surface area contributed by atoms with Crippen molar-refractivity contribution in [3.63, 3.8) is 0 Å². The van der Waals surface area contributed by atoms with Gasteiger partial charge in [-0.1, -0.05) is 19.6 Å². The fourth-order valence-electron chi connectivity index (χ4n) is 5.27. The maximum absolute atomic E-state index is 14.8. The van der Waals surface area contributed by atoms with Crippen LogP contribution in [0.5, 0.6) is 0 Å². The van der Waals surface area contributed by atoms with E-state index in [1.54, 1.807) is 0 Å². The van der Waals surface area contributed by atoms with Gasteiger partial charge < -0.3 is 0 Å². The average Bonchev–Trinajstić information content (AvgIpc) is 2.45. The molecule has 0 aromatic carbocycles. The van der Waals surface area contributed by atoms with Crippen molar-refractivity contribution in [1.82, 2.24) is 0 Å². The highest BCUT2D eigenvalue weighted by atomic mass is 28.3. The van der Waals surface area contributed by atoms with Gasteiger partial charge in [-0.25, -0.2) is 39.5 Å². The van der Waals surface area contributed by atoms with Crippen molar-refractivity contribution >= 4 is 8.07 Å². The predicted octanol–water partition coefficient (Wildman–Crippen LogP) is 6.04. The molecule has 4 saturated carbocycles. The Hall–Kier alpha value is -0.833. The van der Waals surface area contributed by atoms with Gasteiger partial charge in [0.1, 0.15) is 0 Å². The van der Waals surface area contributed by atoms with Crippen molar-refractivity contribution in [2.24, 2.45) is 0 Å². The van der Waals surface area contributed by atoms with Gasteiger partial charge in [0.25, 0.3) is 0 Å². The first-order valence-corrected chi connectivity index (χ1v) is 11.1. The van der Waals surface area contributed by atoms with Gasteiger partial charge in [-0.15, -0.1) is 0 Å². The van der Waals surface area contributed by atoms with Crippen molar-refractivity contribution in [1.29, 1.82) is 0 Å². The minimum absolute atomic E-state index is 0.0282. The molecule has 0 saturated heterocycles. The van der Waals surface area contributed by atoms with E-state index in [1.807, 2.05) is 0 Å². The highest BCUT2D eigenvalue weighted by Crippen LogP contribution is 2.94. The van der Waals surface area contributed by atoms with Crippen molar-refractivity contribution in [2.45, 2.75) is 77.2 Å². The van der Waals surface area contributed by atoms with E-state index in [2.05, 4.69) is 0 Å². The van der Waals surface area contributed by atoms with E-state index < -0.39 is 65.7 Å². The smallest absolute Gasteiger partial charge is 0.223 e. The van der Waals surface area contributed by atoms with Crippen LogP contribution in [0.15, 0.2) is 0 Å². The third-order valence-electron chi connectivity index (χ3n) is 6.43. The summed E-state index contributed by atoms with van der Waals surface area (Å²) in [4.78, 5) is 0. The van der Waals surface area contributed by atoms with Crippen LogP contribution in [0, 0.1) is 0 Å². The molecular weight excluding hydrogens is 469 g/mol. The molecule has 4 aliphatic carbocycles. The Kier molecular flexibility index (Phi) is 3.45. The number of rotatable bonds is 1. The van der Waals surface area contributed by atoms with E-state index in [-0.39, 0.29) is 19.6 Å². The van der Waals surface area contributed by atoms with Crippen LogP contribution in [-0.4, -0.2) is 60.6 Å². The zero-order valence-corrected chi connectivity index (χ0v) is 15.2. The molecule has 170 valence electrons. The molecule has 0 N–H and O–H groups in total. The lowest BCUT2D eigenvalue weighted by molar-refractivity contribution is -0.584. The summed E-state index contributed by atoms with van der Waals surface area (Å²) in [7, 11) is -5.61. The molecule has 4 fully saturated rings. The first kappa shape index (κ1) is 22.8. The first-order valence-electron chi connectivity index (χ1n) is 7.58. The van der Waals surface area contributed by atoms with Gasteiger partial charge in [-0.3, -0.25) is 0 Å². The molecule has 0 aliphatic heterocycles. The molecule has 0 aromatic heterocycles. The SMILES string of the molecule is C[Si](C)(C)C12C(F)(F)C3(F)C(F)(F)C(F)(C(F)(F)C(F)(C3(F)F)C1(F)F)C2(F)F. The van der Waals surface area contributed by atoms with E-state index in [9.17, 15) is 65.9 Å². The fourth-order valence-corrected chi connectivity index (χ4v) is 8.61. The lowest BCUT2D eigenvalue weighted by Gasteiger charge is -2.77. The van der Waals surface area contributed by atoms with Crippen molar-refractivity contribution < 1.29 is 65.9 Å². The summed E-state index contributed by atoms with van der Waals surface area (Å²) in [5, 5.41) is -6.25. The molecule has 4 aliphatic rings. The Bertz CT molecular complexity index is 679. The molecule has 0 radical (unpaired) electrons. The van der Waals surface area contributed by atoms with Gasteiger partial charge in [0.15, 0.2) is 5.04 Å². The van der Waals surface area contributed by atoms with Crippen molar-refractivity contribution in [3.8, 4) is 0 Å². The maximum atomic E-state index is 14.8. The molecule has 29 heavy (non-hydrogen) atoms. The standard InChI is InChI=1S/C13H9F15Si/c1-29(2,3)7-11(23,24)4(14)8(17,18)5(15,12(7,25)26)10(21,22)6(16,9(4,19)20)13(7,27)28/h1-3H3. The summed E-state index contributed by atoms with van der Waals surface area (Å²) in [6.45, 7) is 0.0845. The number of hydrogen-bond acceptors (Lipinski definition) is 0. The largest absolute Gasteiger partial charge is 0.339 e. The van der Waals surface area contributed by atoms with E-state index in [1.165, 1.54) is 0 Å². The molecule has 0 amide bonds. The zero-order chi connectivity index (χ0) is 23.5. The summed E-state index contributed by atoms with van der Waals surface area (Å²) in [5.41, 5.74) is -22.4. The monoisotopic (exact) mass is 478 g/mol. The van der Waals surface area contributed by atoms with Gasteiger partial charge in [-0.05, 0) is 0 Å². The molecule has 0 aromatic rings. The zero-order valence-electron chi connectivity index (χ0n) is 14.2. The summed E-state index contributed by atoms with van der Waals surface area (Å²) < 4.78 is 218. The predicted molar refractivity (Wildman–Crippen MR) is 67.2 cm³/mol. The number of hydrogen-bond donors (Lipinski definition) is 0. The Morgan fingerprint density at radius 3 is 0.655 bits per heavy atom. The summed E-state index contributed by atoms with van der Waals surface area (Å²) in [6, 6.07) is 0. The Labute approximate surface area is 152 Å². The molecule has 0 heterocycles. The van der Waals surface area contributed by atoms with Gasteiger partial charge >= 0.3 is 52.5 Å². The Morgan fingerprint density at radius 1 is 0.345 bits per heavy atom. The second-order valence-corrected chi connectivity index (χ2v) is 13.7. The average molecular weight is 478 g/mol. The van der Waals surface area contributed by atoms with Crippen LogP contribution in [0.3, 0.4) is 0 Å². The number of alkyl halides is 15. The third-order valence-corrected chi connectivity index (χ3v) is 9.62. The third kappa shape index (κ3) is 1.28. The van der Waals surface area contributed by atoms with Gasteiger partial charge in [-0.2, -0.15) is 26.3 Å². The minimum atomic E-state index is -7.69. The lowest BCUT2D eigenvalue weighted by Crippen LogP contribution is -3.07. The van der Waals surface area contributed by atoms with Crippen LogP contribution >= 0.6 is 0 Å². The molecule has 0 unspecified atom stereocenters. The molecule has 4 rings (SSSR count). The van der Waals surface area contributed by atoms with E-state index in [4.69, 9.17) is 0 Å². The second-order valence-electron chi connectivity index (χ2n) is 8.42. The quantitative estimate of drug-likeness (QED) is 0.319. The molecule has 4 bridgehead atoms. The molecule has 0 atom stereocenters. The topological polar surface area (TPSA) is 0 Å². The van der Waals surface area contributed by atoms with E-state index >= 15 is 0 Å². The normalized spacial score (nSPS) is 49.9. The van der Waals surface area contributed by atoms with Crippen LogP contribution < -0.4 is 0 Å². The highest BCUT2D eigenvalue weighted by Gasteiger charge is 3.23. The van der Waals surface area contributed by atoms with Crippen LogP contribution in [0.4, 0.5) is 65.9 Å². The van der Waals surface area contributed by atoms with Gasteiger partial charge in [0.2, 0.25) is 0 Å². The van der Waals surface area contributed by atoms with Crippen LogP contribution in [0.25, 0.3) is 0 Å². The first-order chi connectivity index (χ1) is 12.2. The van der Waals surface area contributed by atoms with Gasteiger partial charge in [0, 0.05) is 0 Å². The summed E-state index contributed by atoms with van der Waals surface area (Å²) in [5.74, 6) is -44.8. The molecule has 0 spiro atoms.